The fraction of sp³-hybridized carbons (Fsp3) is 0.190. The van der Waals surface area contributed by atoms with Crippen molar-refractivity contribution in [1.29, 1.82) is 0 Å². The van der Waals surface area contributed by atoms with Gasteiger partial charge < -0.3 is 11.1 Å². The first kappa shape index (κ1) is 21.0. The average Bonchev–Trinajstić information content (AvgIpc) is 3.20. The number of aliphatic imine (C=N–C) groups is 1. The first-order chi connectivity index (χ1) is 14.6. The van der Waals surface area contributed by atoms with Crippen molar-refractivity contribution >= 4 is 38.8 Å². The third-order valence-corrected chi connectivity index (χ3v) is 5.42. The van der Waals surface area contributed by atoms with Gasteiger partial charge in [0.05, 0.1) is 28.0 Å². The maximum absolute atomic E-state index is 12.9. The monoisotopic (exact) mass is 419 g/mol. The van der Waals surface area contributed by atoms with E-state index in [9.17, 15) is 4.79 Å². The second kappa shape index (κ2) is 10.2. The average molecular weight is 420 g/mol. The molecule has 0 bridgehead atoms. The van der Waals surface area contributed by atoms with E-state index >= 15 is 0 Å². The number of aromatic nitrogens is 1. The molecule has 0 unspecified atom stereocenters. The number of aryl methyl sites for hydroxylation is 1. The van der Waals surface area contributed by atoms with E-state index in [2.05, 4.69) is 32.2 Å². The number of thiazole rings is 1. The maximum Gasteiger partial charge on any atom is 0.232 e. The smallest absolute Gasteiger partial charge is 0.232 e. The highest BCUT2D eigenvalue weighted by Crippen LogP contribution is 2.27. The summed E-state index contributed by atoms with van der Waals surface area (Å²) in [7, 11) is 0. The Kier molecular flexibility index (Phi) is 7.15. The number of carbonyl (C=O) groups is 1. The number of benzene rings is 2. The summed E-state index contributed by atoms with van der Waals surface area (Å²) in [5.41, 5.74) is 17.5. The van der Waals surface area contributed by atoms with Gasteiger partial charge in [-0.15, -0.1) is 0 Å². The van der Waals surface area contributed by atoms with Crippen molar-refractivity contribution in [2.75, 3.05) is 6.54 Å². The van der Waals surface area contributed by atoms with Crippen LogP contribution in [0.25, 0.3) is 20.7 Å². The summed E-state index contributed by atoms with van der Waals surface area (Å²) >= 11 is 1.44. The van der Waals surface area contributed by atoms with Crippen molar-refractivity contribution in [2.24, 2.45) is 15.8 Å². The van der Waals surface area contributed by atoms with Gasteiger partial charge in [0, 0.05) is 17.7 Å². The molecule has 3 rings (SSSR count). The van der Waals surface area contributed by atoms with Gasteiger partial charge in [0.1, 0.15) is 0 Å². The lowest BCUT2D eigenvalue weighted by Crippen LogP contribution is -2.31. The molecule has 0 saturated heterocycles. The molecule has 0 aliphatic heterocycles. The number of rotatable bonds is 8. The second-order valence-corrected chi connectivity index (χ2v) is 7.40. The third-order valence-electron chi connectivity index (χ3n) is 4.48. The van der Waals surface area contributed by atoms with E-state index < -0.39 is 5.92 Å². The van der Waals surface area contributed by atoms with Gasteiger partial charge in [-0.25, -0.2) is 9.98 Å². The molecule has 1 amide bonds. The quantitative estimate of drug-likeness (QED) is 0.240. The molecule has 0 saturated carbocycles. The third kappa shape index (κ3) is 5.22. The Labute approximate surface area is 177 Å². The molecular formula is C21H21N7OS. The van der Waals surface area contributed by atoms with Crippen LogP contribution in [-0.2, 0) is 11.2 Å². The lowest BCUT2D eigenvalue weighted by atomic mass is 9.96. The van der Waals surface area contributed by atoms with Gasteiger partial charge in [0.25, 0.3) is 0 Å². The fourth-order valence-electron chi connectivity index (χ4n) is 2.83. The summed E-state index contributed by atoms with van der Waals surface area (Å²) in [6, 6.07) is 15.4. The minimum atomic E-state index is -0.641. The summed E-state index contributed by atoms with van der Waals surface area (Å²) in [5.74, 6) is -0.975. The van der Waals surface area contributed by atoms with E-state index in [1.807, 2.05) is 48.5 Å². The number of fused-ring (bicyclic) bond motifs is 1. The van der Waals surface area contributed by atoms with Crippen LogP contribution in [0.2, 0.25) is 0 Å². The van der Waals surface area contributed by atoms with Crippen molar-refractivity contribution in [1.82, 2.24) is 10.3 Å². The Balaban J connectivity index is 1.75. The van der Waals surface area contributed by atoms with Gasteiger partial charge >= 0.3 is 0 Å². The number of para-hydroxylation sites is 1. The van der Waals surface area contributed by atoms with Crippen molar-refractivity contribution < 1.29 is 4.79 Å². The SMILES string of the molecule is CCc1ccc([C@@H](CN=[N+]=[N-])C(=O)NC(C=Nc2nc3ccccc3s2)=CN)cc1. The Hall–Kier alpha value is -3.68. The van der Waals surface area contributed by atoms with Crippen molar-refractivity contribution in [3.8, 4) is 0 Å². The van der Waals surface area contributed by atoms with Crippen LogP contribution in [0, 0.1) is 0 Å². The molecule has 30 heavy (non-hydrogen) atoms. The number of nitrogens with zero attached hydrogens (tertiary/aromatic N) is 5. The van der Waals surface area contributed by atoms with Gasteiger partial charge in [-0.2, -0.15) is 0 Å². The number of azide groups is 1. The predicted octanol–water partition coefficient (Wildman–Crippen LogP) is 4.57. The molecule has 152 valence electrons. The van der Waals surface area contributed by atoms with Crippen LogP contribution < -0.4 is 11.1 Å². The number of nitrogens with two attached hydrogens (primary N) is 1. The molecule has 0 spiro atoms. The number of allylic oxidation sites excluding steroid dienone is 1. The van der Waals surface area contributed by atoms with Crippen LogP contribution in [0.15, 0.2) is 70.5 Å². The van der Waals surface area contributed by atoms with Gasteiger partial charge in [0.2, 0.25) is 11.0 Å². The van der Waals surface area contributed by atoms with Crippen LogP contribution in [0.5, 0.6) is 0 Å². The van der Waals surface area contributed by atoms with Crippen LogP contribution in [0.1, 0.15) is 24.0 Å². The largest absolute Gasteiger partial charge is 0.403 e. The summed E-state index contributed by atoms with van der Waals surface area (Å²) < 4.78 is 1.02. The normalized spacial score (nSPS) is 12.6. The second-order valence-electron chi connectivity index (χ2n) is 6.39. The van der Waals surface area contributed by atoms with Crippen LogP contribution in [0.4, 0.5) is 5.13 Å². The Morgan fingerprint density at radius 2 is 2.07 bits per heavy atom. The fourth-order valence-corrected chi connectivity index (χ4v) is 3.64. The highest BCUT2D eigenvalue weighted by atomic mass is 32.1. The molecule has 2 aromatic carbocycles. The van der Waals surface area contributed by atoms with E-state index in [0.717, 1.165) is 27.8 Å². The molecule has 0 aliphatic rings. The highest BCUT2D eigenvalue weighted by Gasteiger charge is 2.20. The number of hydrogen-bond acceptors (Lipinski definition) is 6. The molecule has 1 atom stereocenters. The molecule has 1 aromatic heterocycles. The number of nitrogens with one attached hydrogen (secondary N) is 1. The molecule has 8 nitrogen and oxygen atoms in total. The number of hydrogen-bond donors (Lipinski definition) is 2. The summed E-state index contributed by atoms with van der Waals surface area (Å²) in [6.07, 6.45) is 3.62. The van der Waals surface area contributed by atoms with E-state index in [4.69, 9.17) is 11.3 Å². The maximum atomic E-state index is 12.9. The molecule has 0 radical (unpaired) electrons. The van der Waals surface area contributed by atoms with Crippen LogP contribution in [0.3, 0.4) is 0 Å². The Bertz CT molecular complexity index is 1090. The van der Waals surface area contributed by atoms with Gasteiger partial charge in [0.15, 0.2) is 0 Å². The minimum absolute atomic E-state index is 0.000664. The van der Waals surface area contributed by atoms with E-state index in [1.165, 1.54) is 23.8 Å². The lowest BCUT2D eigenvalue weighted by molar-refractivity contribution is -0.121. The van der Waals surface area contributed by atoms with Crippen LogP contribution in [-0.4, -0.2) is 23.7 Å². The Morgan fingerprint density at radius 1 is 1.30 bits per heavy atom. The first-order valence-electron chi connectivity index (χ1n) is 9.36. The van der Waals surface area contributed by atoms with Crippen molar-refractivity contribution in [3.63, 3.8) is 0 Å². The highest BCUT2D eigenvalue weighted by molar-refractivity contribution is 7.22. The molecular weight excluding hydrogens is 398 g/mol. The first-order valence-corrected chi connectivity index (χ1v) is 10.2. The molecule has 0 aliphatic carbocycles. The molecule has 1 heterocycles. The summed E-state index contributed by atoms with van der Waals surface area (Å²) in [5, 5.41) is 6.90. The van der Waals surface area contributed by atoms with Crippen LogP contribution >= 0.6 is 11.3 Å². The zero-order valence-corrected chi connectivity index (χ0v) is 17.2. The molecule has 0 fully saturated rings. The van der Waals surface area contributed by atoms with Gasteiger partial charge in [-0.05, 0) is 35.2 Å². The molecule has 9 heteroatoms. The van der Waals surface area contributed by atoms with Gasteiger partial charge in [-0.1, -0.05) is 59.8 Å². The van der Waals surface area contributed by atoms with Crippen molar-refractivity contribution in [2.45, 2.75) is 19.3 Å². The van der Waals surface area contributed by atoms with Gasteiger partial charge in [-0.3, -0.25) is 4.79 Å². The van der Waals surface area contributed by atoms with E-state index in [0.29, 0.717) is 10.8 Å². The number of carbonyl (C=O) groups excluding carboxylic acids is 1. The summed E-state index contributed by atoms with van der Waals surface area (Å²) in [6.45, 7) is 2.06. The van der Waals surface area contributed by atoms with E-state index in [-0.39, 0.29) is 12.5 Å². The number of amides is 1. The standard InChI is InChI=1S/C21H21N7OS/c1-2-14-7-9-15(10-8-14)17(13-25-28-23)20(29)26-16(11-22)12-24-21-27-18-5-3-4-6-19(18)30-21/h3-12,17H,2,13,22H2,1H3,(H,26,29)/t17-/m1/s1. The zero-order valence-electron chi connectivity index (χ0n) is 16.4. The minimum Gasteiger partial charge on any atom is -0.403 e. The molecule has 3 aromatic rings. The lowest BCUT2D eigenvalue weighted by Gasteiger charge is -2.15. The zero-order chi connectivity index (χ0) is 21.3. The topological polar surface area (TPSA) is 129 Å². The Morgan fingerprint density at radius 3 is 2.73 bits per heavy atom. The predicted molar refractivity (Wildman–Crippen MR) is 121 cm³/mol. The van der Waals surface area contributed by atoms with Crippen molar-refractivity contribution in [3.05, 3.63) is 82.0 Å². The molecule has 3 N–H and O–H groups in total. The van der Waals surface area contributed by atoms with E-state index in [1.54, 1.807) is 0 Å². The summed E-state index contributed by atoms with van der Waals surface area (Å²) in [4.78, 5) is 24.4.